The molecule has 0 fully saturated rings. The molecule has 0 unspecified atom stereocenters. The van der Waals surface area contributed by atoms with Crippen LogP contribution >= 0.6 is 0 Å². The number of pyridine rings is 1. The Morgan fingerprint density at radius 2 is 2.29 bits per heavy atom. The van der Waals surface area contributed by atoms with E-state index >= 15 is 0 Å². The molecule has 0 aliphatic heterocycles. The smallest absolute Gasteiger partial charge is 0.302 e. The quantitative estimate of drug-likeness (QED) is 0.517. The number of fused-ring (bicyclic) bond motifs is 2. The molecule has 0 amide bonds. The van der Waals surface area contributed by atoms with Crippen molar-refractivity contribution in [3.63, 3.8) is 0 Å². The Labute approximate surface area is 119 Å². The largest absolute Gasteiger partial charge is 0.480 e. The molecule has 3 rings (SSSR count). The van der Waals surface area contributed by atoms with Gasteiger partial charge in [0.2, 0.25) is 5.90 Å². The van der Waals surface area contributed by atoms with Crippen LogP contribution in [0.5, 0.6) is 0 Å². The molecule has 3 aromatic heterocycles. The molecule has 8 heteroatoms. The van der Waals surface area contributed by atoms with Gasteiger partial charge in [0.25, 0.3) is 5.78 Å². The van der Waals surface area contributed by atoms with E-state index in [1.54, 1.807) is 32.2 Å². The van der Waals surface area contributed by atoms with Gasteiger partial charge in [0.05, 0.1) is 12.1 Å². The van der Waals surface area contributed by atoms with Gasteiger partial charge < -0.3 is 4.74 Å². The summed E-state index contributed by atoms with van der Waals surface area (Å²) in [6, 6.07) is 3.46. The van der Waals surface area contributed by atoms with Crippen LogP contribution in [-0.2, 0) is 4.74 Å². The summed E-state index contributed by atoms with van der Waals surface area (Å²) in [5.41, 5.74) is 0.472. The molecule has 0 atom stereocenters. The fourth-order valence-electron chi connectivity index (χ4n) is 2.05. The highest BCUT2D eigenvalue weighted by Gasteiger charge is 2.14. The third kappa shape index (κ3) is 2.14. The molecule has 0 aliphatic carbocycles. The van der Waals surface area contributed by atoms with Gasteiger partial charge >= 0.3 is 5.56 Å². The number of aromatic nitrogens is 5. The minimum atomic E-state index is -0.318. The summed E-state index contributed by atoms with van der Waals surface area (Å²) in [6.45, 7) is 5.87. The molecule has 3 aromatic rings. The van der Waals surface area contributed by atoms with E-state index in [9.17, 15) is 4.79 Å². The van der Waals surface area contributed by atoms with Crippen molar-refractivity contribution in [2.75, 3.05) is 6.61 Å². The fourth-order valence-corrected chi connectivity index (χ4v) is 2.05. The zero-order valence-electron chi connectivity index (χ0n) is 11.9. The SMILES string of the molecule is CCO/C(C)=N/n1c(C)nn2c(=O)c3ncccc3nc12. The average Bonchev–Trinajstić information content (AvgIpc) is 2.77. The zero-order chi connectivity index (χ0) is 15.0. The topological polar surface area (TPSA) is 86.7 Å². The predicted octanol–water partition coefficient (Wildman–Crippen LogP) is 0.966. The van der Waals surface area contributed by atoms with E-state index in [-0.39, 0.29) is 11.1 Å². The Morgan fingerprint density at radius 1 is 1.48 bits per heavy atom. The van der Waals surface area contributed by atoms with Crippen LogP contribution in [-0.4, -0.2) is 36.8 Å². The van der Waals surface area contributed by atoms with Gasteiger partial charge in [0.1, 0.15) is 0 Å². The number of aryl methyl sites for hydroxylation is 1. The normalized spacial score (nSPS) is 12.2. The lowest BCUT2D eigenvalue weighted by Gasteiger charge is -2.03. The maximum absolute atomic E-state index is 12.4. The highest BCUT2D eigenvalue weighted by molar-refractivity contribution is 5.75. The first-order valence-corrected chi connectivity index (χ1v) is 6.53. The van der Waals surface area contributed by atoms with Crippen molar-refractivity contribution in [2.24, 2.45) is 5.10 Å². The Kier molecular flexibility index (Phi) is 3.13. The van der Waals surface area contributed by atoms with E-state index in [4.69, 9.17) is 4.74 Å². The second-order valence-electron chi connectivity index (χ2n) is 4.41. The van der Waals surface area contributed by atoms with Gasteiger partial charge in [-0.1, -0.05) is 0 Å². The second-order valence-corrected chi connectivity index (χ2v) is 4.41. The number of ether oxygens (including phenoxy) is 1. The van der Waals surface area contributed by atoms with Crippen molar-refractivity contribution >= 4 is 22.7 Å². The first-order chi connectivity index (χ1) is 10.1. The monoisotopic (exact) mass is 286 g/mol. The van der Waals surface area contributed by atoms with Crippen LogP contribution in [0.2, 0.25) is 0 Å². The molecule has 0 saturated carbocycles. The second kappa shape index (κ2) is 4.97. The van der Waals surface area contributed by atoms with Crippen LogP contribution < -0.4 is 5.56 Å². The van der Waals surface area contributed by atoms with Crippen LogP contribution in [0.15, 0.2) is 28.2 Å². The summed E-state index contributed by atoms with van der Waals surface area (Å²) in [5.74, 6) is 1.34. The molecular formula is C13H14N6O2. The van der Waals surface area contributed by atoms with Crippen molar-refractivity contribution in [1.29, 1.82) is 0 Å². The molecular weight excluding hydrogens is 272 g/mol. The Morgan fingerprint density at radius 3 is 3.05 bits per heavy atom. The third-order valence-corrected chi connectivity index (χ3v) is 2.93. The minimum absolute atomic E-state index is 0.283. The lowest BCUT2D eigenvalue weighted by atomic mass is 10.4. The van der Waals surface area contributed by atoms with E-state index in [1.807, 2.05) is 6.92 Å². The number of rotatable bonds is 2. The maximum atomic E-state index is 12.4. The number of hydrogen-bond acceptors (Lipinski definition) is 6. The van der Waals surface area contributed by atoms with Crippen molar-refractivity contribution in [3.05, 3.63) is 34.5 Å². The van der Waals surface area contributed by atoms with Crippen LogP contribution in [0.4, 0.5) is 0 Å². The molecule has 3 heterocycles. The summed E-state index contributed by atoms with van der Waals surface area (Å²) < 4.78 is 8.00. The van der Waals surface area contributed by atoms with Crippen molar-refractivity contribution in [2.45, 2.75) is 20.8 Å². The average molecular weight is 286 g/mol. The van der Waals surface area contributed by atoms with Gasteiger partial charge in [0, 0.05) is 13.1 Å². The van der Waals surface area contributed by atoms with E-state index in [2.05, 4.69) is 20.2 Å². The molecule has 0 radical (unpaired) electrons. The van der Waals surface area contributed by atoms with Gasteiger partial charge in [-0.2, -0.15) is 9.19 Å². The van der Waals surface area contributed by atoms with Crippen LogP contribution in [0.25, 0.3) is 16.8 Å². The predicted molar refractivity (Wildman–Crippen MR) is 77.4 cm³/mol. The van der Waals surface area contributed by atoms with Crippen LogP contribution in [0.1, 0.15) is 19.7 Å². The van der Waals surface area contributed by atoms with E-state index in [0.717, 1.165) is 0 Å². The zero-order valence-corrected chi connectivity index (χ0v) is 11.9. The molecule has 0 saturated heterocycles. The summed E-state index contributed by atoms with van der Waals surface area (Å²) in [6.07, 6.45) is 1.55. The molecule has 108 valence electrons. The minimum Gasteiger partial charge on any atom is -0.480 e. The van der Waals surface area contributed by atoms with Gasteiger partial charge in [-0.15, -0.1) is 10.2 Å². The first-order valence-electron chi connectivity index (χ1n) is 6.53. The van der Waals surface area contributed by atoms with Crippen LogP contribution in [0.3, 0.4) is 0 Å². The van der Waals surface area contributed by atoms with E-state index in [1.165, 1.54) is 9.19 Å². The first kappa shape index (κ1) is 13.2. The number of nitrogens with zero attached hydrogens (tertiary/aromatic N) is 6. The lowest BCUT2D eigenvalue weighted by Crippen LogP contribution is -2.17. The summed E-state index contributed by atoms with van der Waals surface area (Å²) in [4.78, 5) is 20.8. The van der Waals surface area contributed by atoms with E-state index in [0.29, 0.717) is 29.6 Å². The third-order valence-electron chi connectivity index (χ3n) is 2.93. The molecule has 0 aliphatic rings. The van der Waals surface area contributed by atoms with Gasteiger partial charge in [0.15, 0.2) is 11.3 Å². The molecule has 0 aromatic carbocycles. The molecule has 8 nitrogen and oxygen atoms in total. The fraction of sp³-hybridized carbons (Fsp3) is 0.308. The maximum Gasteiger partial charge on any atom is 0.302 e. The Bertz CT molecular complexity index is 908. The summed E-state index contributed by atoms with van der Waals surface area (Å²) in [5, 5.41) is 8.47. The Hall–Kier alpha value is -2.77. The van der Waals surface area contributed by atoms with Gasteiger partial charge in [-0.05, 0) is 26.0 Å². The van der Waals surface area contributed by atoms with Crippen molar-refractivity contribution in [3.8, 4) is 0 Å². The molecule has 0 bridgehead atoms. The van der Waals surface area contributed by atoms with Gasteiger partial charge in [-0.25, -0.2) is 9.97 Å². The highest BCUT2D eigenvalue weighted by atomic mass is 16.5. The van der Waals surface area contributed by atoms with Crippen molar-refractivity contribution in [1.82, 2.24) is 24.3 Å². The summed E-state index contributed by atoms with van der Waals surface area (Å²) >= 11 is 0. The summed E-state index contributed by atoms with van der Waals surface area (Å²) in [7, 11) is 0. The molecule has 0 spiro atoms. The van der Waals surface area contributed by atoms with Gasteiger partial charge in [-0.3, -0.25) is 4.79 Å². The standard InChI is InChI=1S/C13H14N6O2/c1-4-21-9(3)17-18-8(2)16-19-12(20)11-10(15-13(18)19)6-5-7-14-11/h5-7H,4H2,1-3H3/b17-9+. The van der Waals surface area contributed by atoms with Crippen LogP contribution in [0, 0.1) is 6.92 Å². The number of hydrogen-bond donors (Lipinski definition) is 0. The Balaban J connectivity index is 2.34. The van der Waals surface area contributed by atoms with E-state index < -0.39 is 0 Å². The van der Waals surface area contributed by atoms with Crippen molar-refractivity contribution < 1.29 is 4.74 Å². The molecule has 21 heavy (non-hydrogen) atoms. The highest BCUT2D eigenvalue weighted by Crippen LogP contribution is 2.08. The lowest BCUT2D eigenvalue weighted by molar-refractivity contribution is 0.321. The molecule has 0 N–H and O–H groups in total.